The van der Waals surface area contributed by atoms with Crippen molar-refractivity contribution >= 4 is 60.3 Å². The third-order valence-corrected chi connectivity index (χ3v) is 9.85. The first kappa shape index (κ1) is 42.0. The molecule has 20 heteroatoms. The summed E-state index contributed by atoms with van der Waals surface area (Å²) in [6.07, 6.45) is 4.00. The van der Waals surface area contributed by atoms with E-state index in [1.807, 2.05) is 0 Å². The first-order chi connectivity index (χ1) is 24.6. The van der Waals surface area contributed by atoms with Crippen LogP contribution in [-0.2, 0) is 34.9 Å². The van der Waals surface area contributed by atoms with Crippen molar-refractivity contribution in [3.63, 3.8) is 0 Å². The number of nitrogens with one attached hydrogen (secondary N) is 2. The molecule has 53 heavy (non-hydrogen) atoms. The van der Waals surface area contributed by atoms with Gasteiger partial charge in [-0.1, -0.05) is 0 Å². The Labute approximate surface area is 297 Å². The summed E-state index contributed by atoms with van der Waals surface area (Å²) >= 11 is 0. The Bertz CT molecular complexity index is 2380. The van der Waals surface area contributed by atoms with E-state index in [1.54, 1.807) is 4.72 Å². The van der Waals surface area contributed by atoms with E-state index in [0.717, 1.165) is 78.9 Å². The summed E-state index contributed by atoms with van der Waals surface area (Å²) in [6, 6.07) is 9.93. The van der Waals surface area contributed by atoms with Crippen molar-refractivity contribution in [3.05, 3.63) is 164 Å². The highest BCUT2D eigenvalue weighted by atomic mass is 32.3. The molecule has 4 aromatic carbocycles. The summed E-state index contributed by atoms with van der Waals surface area (Å²) in [6.45, 7) is 0. The Balaban J connectivity index is 0.000000286. The lowest BCUT2D eigenvalue weighted by Crippen LogP contribution is -2.27. The fourth-order valence-corrected chi connectivity index (χ4v) is 6.76. The molecule has 0 unspecified atom stereocenters. The van der Waals surface area contributed by atoms with Crippen molar-refractivity contribution in [1.29, 1.82) is 0 Å². The van der Waals surface area contributed by atoms with Crippen molar-refractivity contribution in [2.45, 2.75) is 0 Å². The van der Waals surface area contributed by atoms with E-state index in [4.69, 9.17) is 0 Å². The molecule has 0 aromatic heterocycles. The van der Waals surface area contributed by atoms with E-state index in [-0.39, 0.29) is 22.3 Å². The zero-order valence-electron chi connectivity index (χ0n) is 26.2. The molecule has 0 aliphatic rings. The van der Waals surface area contributed by atoms with Crippen molar-refractivity contribution in [3.8, 4) is 0 Å². The molecule has 9 nitrogen and oxygen atoms in total. The molecule has 0 heterocycles. The molecular weight excluding hydrogens is 785 g/mol. The van der Waals surface area contributed by atoms with Gasteiger partial charge < -0.3 is 0 Å². The summed E-state index contributed by atoms with van der Waals surface area (Å²) in [5.41, 5.74) is -0.901. The molecule has 2 N–H and O–H groups in total. The number of carbonyl (C=O) groups excluding carboxylic acids is 1. The number of carbonyl (C=O) groups is 1. The minimum atomic E-state index is -4.57. The molecule has 280 valence electrons. The second-order valence-corrected chi connectivity index (χ2v) is 15.0. The zero-order chi connectivity index (χ0) is 39.6. The Morgan fingerprint density at radius 1 is 0.434 bits per heavy atom. The van der Waals surface area contributed by atoms with Crippen molar-refractivity contribution in [1.82, 2.24) is 8.85 Å². The number of amides is 1. The Kier molecular flexibility index (Phi) is 14.1. The van der Waals surface area contributed by atoms with Gasteiger partial charge in [0.2, 0.25) is 20.0 Å². The molecular formula is C33H22F8N2O7S3. The molecule has 4 aromatic rings. The molecule has 0 saturated heterocycles. The van der Waals surface area contributed by atoms with Crippen LogP contribution >= 0.6 is 0 Å². The van der Waals surface area contributed by atoms with Crippen LogP contribution in [0.15, 0.2) is 95.1 Å². The van der Waals surface area contributed by atoms with Gasteiger partial charge in [-0.2, -0.15) is 0 Å². The summed E-state index contributed by atoms with van der Waals surface area (Å²) in [5, 5.41) is 1.26. The average Bonchev–Trinajstić information content (AvgIpc) is 3.03. The van der Waals surface area contributed by atoms with Gasteiger partial charge in [-0.15, -0.1) is 4.13 Å². The highest BCUT2D eigenvalue weighted by Crippen LogP contribution is 2.15. The number of benzene rings is 4. The number of halogens is 8. The topological polar surface area (TPSA) is 144 Å². The molecule has 0 bridgehead atoms. The lowest BCUT2D eigenvalue weighted by atomic mass is 10.2. The first-order valence-corrected chi connectivity index (χ1v) is 18.7. The van der Waals surface area contributed by atoms with E-state index >= 15 is 0 Å². The molecule has 0 fully saturated rings. The highest BCUT2D eigenvalue weighted by Gasteiger charge is 2.16. The standard InChI is InChI=1S/C17H11F4NO3S.C16H11F4NO4S2/c18-13-4-1-11(15(20)9-13)3-6-17(23)22-26(24,25)8-7-12-2-5-14(19)10-16(12)21;17-13-3-1-11(15(19)9-13)5-7-26(22,23)21-27(24,25)8-6-12-2-4-14(18)10-16(12)20/h1-10H,(H,22,23);1-10,21H/b6-3+,8-7+;7-5-,8-6+. The maximum atomic E-state index is 13.4. The molecule has 0 aliphatic carbocycles. The molecule has 0 atom stereocenters. The molecule has 4 rings (SSSR count). The second-order valence-electron chi connectivity index (χ2n) is 10.1. The lowest BCUT2D eigenvalue weighted by Gasteiger charge is -2.02. The number of hydrogen-bond acceptors (Lipinski definition) is 7. The quantitative estimate of drug-likeness (QED) is 0.130. The van der Waals surface area contributed by atoms with Gasteiger partial charge in [-0.05, 0) is 72.8 Å². The van der Waals surface area contributed by atoms with Crippen LogP contribution in [0.5, 0.6) is 0 Å². The van der Waals surface area contributed by atoms with Crippen LogP contribution in [0.1, 0.15) is 22.3 Å². The van der Waals surface area contributed by atoms with Gasteiger partial charge in [0.1, 0.15) is 46.5 Å². The molecule has 0 saturated carbocycles. The van der Waals surface area contributed by atoms with Crippen LogP contribution in [0.3, 0.4) is 0 Å². The Hall–Kier alpha value is -5.44. The molecule has 1 amide bonds. The molecule has 0 radical (unpaired) electrons. The maximum Gasteiger partial charge on any atom is 0.257 e. The van der Waals surface area contributed by atoms with Crippen LogP contribution < -0.4 is 8.85 Å². The normalized spacial score (nSPS) is 12.5. The van der Waals surface area contributed by atoms with Crippen molar-refractivity contribution in [2.75, 3.05) is 0 Å². The largest absolute Gasteiger partial charge is 0.269 e. The van der Waals surface area contributed by atoms with Crippen molar-refractivity contribution in [2.24, 2.45) is 0 Å². The molecule has 0 aliphatic heterocycles. The van der Waals surface area contributed by atoms with Gasteiger partial charge in [-0.25, -0.2) is 65.1 Å². The van der Waals surface area contributed by atoms with E-state index in [0.29, 0.717) is 40.5 Å². The van der Waals surface area contributed by atoms with E-state index < -0.39 is 82.5 Å². The van der Waals surface area contributed by atoms with E-state index in [2.05, 4.69) is 0 Å². The fourth-order valence-electron chi connectivity index (χ4n) is 3.63. The summed E-state index contributed by atoms with van der Waals surface area (Å²) < 4.78 is 178. The number of rotatable bonds is 11. The van der Waals surface area contributed by atoms with E-state index in [9.17, 15) is 65.2 Å². The van der Waals surface area contributed by atoms with Gasteiger partial charge in [0.25, 0.3) is 15.9 Å². The fraction of sp³-hybridized carbons (Fsp3) is 0. The Morgan fingerprint density at radius 2 is 0.717 bits per heavy atom. The van der Waals surface area contributed by atoms with Gasteiger partial charge in [-0.3, -0.25) is 4.79 Å². The third-order valence-electron chi connectivity index (χ3n) is 6.02. The predicted molar refractivity (Wildman–Crippen MR) is 180 cm³/mol. The highest BCUT2D eigenvalue weighted by molar-refractivity contribution is 8.07. The van der Waals surface area contributed by atoms with Crippen LogP contribution in [0, 0.1) is 46.5 Å². The second kappa shape index (κ2) is 17.9. The van der Waals surface area contributed by atoms with Crippen LogP contribution in [-0.4, -0.2) is 31.2 Å². The van der Waals surface area contributed by atoms with Gasteiger partial charge in [0.05, 0.1) is 5.41 Å². The average molecular weight is 807 g/mol. The first-order valence-electron chi connectivity index (χ1n) is 14.0. The van der Waals surface area contributed by atoms with Crippen LogP contribution in [0.2, 0.25) is 0 Å². The zero-order valence-corrected chi connectivity index (χ0v) is 28.6. The monoisotopic (exact) mass is 806 g/mol. The number of hydrogen-bond donors (Lipinski definition) is 2. The lowest BCUT2D eigenvalue weighted by molar-refractivity contribution is -0.114. The Morgan fingerprint density at radius 3 is 1.02 bits per heavy atom. The van der Waals surface area contributed by atoms with Gasteiger partial charge in [0, 0.05) is 63.4 Å². The maximum absolute atomic E-state index is 13.4. The van der Waals surface area contributed by atoms with Crippen molar-refractivity contribution < 1.29 is 65.2 Å². The van der Waals surface area contributed by atoms with Gasteiger partial charge in [0.15, 0.2) is 0 Å². The van der Waals surface area contributed by atoms with E-state index in [1.165, 1.54) is 4.13 Å². The third kappa shape index (κ3) is 14.2. The summed E-state index contributed by atoms with van der Waals surface area (Å²) in [4.78, 5) is 11.6. The van der Waals surface area contributed by atoms with Crippen LogP contribution in [0.4, 0.5) is 35.1 Å². The van der Waals surface area contributed by atoms with Gasteiger partial charge >= 0.3 is 0 Å². The minimum absolute atomic E-state index is 0.122. The minimum Gasteiger partial charge on any atom is -0.269 e. The summed E-state index contributed by atoms with van der Waals surface area (Å²) in [5.74, 6) is -8.46. The predicted octanol–water partition coefficient (Wildman–Crippen LogP) is 6.51. The number of sulfonamides is 3. The smallest absolute Gasteiger partial charge is 0.257 e. The summed E-state index contributed by atoms with van der Waals surface area (Å²) in [7, 11) is -13.4. The van der Waals surface area contributed by atoms with Crippen LogP contribution in [0.25, 0.3) is 24.3 Å². The molecule has 0 spiro atoms. The SMILES string of the molecule is O=C(/C=C/c1ccc(F)cc1F)NS(=O)(=O)/C=C/c1ccc(F)cc1F.O=S(=O)(/C=C\c1ccc(F)cc1F)NS(=O)(=O)/C=C/c1ccc(F)cc1F.